The van der Waals surface area contributed by atoms with E-state index in [0.29, 0.717) is 5.56 Å². The van der Waals surface area contributed by atoms with Crippen molar-refractivity contribution in [1.82, 2.24) is 5.32 Å². The monoisotopic (exact) mass is 280 g/mol. The summed E-state index contributed by atoms with van der Waals surface area (Å²) in [6.07, 6.45) is 1.00. The number of carbonyl (C=O) groups is 1. The van der Waals surface area contributed by atoms with Crippen LogP contribution >= 0.6 is 11.8 Å². The highest BCUT2D eigenvalue weighted by molar-refractivity contribution is 7.99. The quantitative estimate of drug-likeness (QED) is 0.753. The fourth-order valence-corrected chi connectivity index (χ4v) is 2.65. The predicted molar refractivity (Wildman–Crippen MR) is 85.3 cm³/mol. The molecule has 1 atom stereocenters. The van der Waals surface area contributed by atoms with Gasteiger partial charge >= 0.3 is 0 Å². The van der Waals surface area contributed by atoms with Gasteiger partial charge < -0.3 is 10.6 Å². The first-order chi connectivity index (χ1) is 9.08. The van der Waals surface area contributed by atoms with Gasteiger partial charge in [-0.25, -0.2) is 0 Å². The molecule has 1 amide bonds. The molecule has 106 valence electrons. The van der Waals surface area contributed by atoms with Crippen LogP contribution in [0.4, 0.5) is 5.69 Å². The molecule has 0 radical (unpaired) electrons. The SMILES string of the molecule is CCSCCC(C)NC(=O)c1ccc(C)cc1NC. The molecule has 0 aliphatic rings. The van der Waals surface area contributed by atoms with Gasteiger partial charge in [-0.3, -0.25) is 4.79 Å². The Morgan fingerprint density at radius 2 is 2.16 bits per heavy atom. The van der Waals surface area contributed by atoms with Crippen LogP contribution in [0.2, 0.25) is 0 Å². The molecule has 0 bridgehead atoms. The molecule has 1 unspecified atom stereocenters. The molecular formula is C15H24N2OS. The Bertz CT molecular complexity index is 421. The molecule has 1 rings (SSSR count). The van der Waals surface area contributed by atoms with Gasteiger partial charge in [-0.1, -0.05) is 13.0 Å². The van der Waals surface area contributed by atoms with E-state index in [1.165, 1.54) is 0 Å². The summed E-state index contributed by atoms with van der Waals surface area (Å²) >= 11 is 1.91. The van der Waals surface area contributed by atoms with Gasteiger partial charge in [-0.15, -0.1) is 0 Å². The molecule has 4 heteroatoms. The highest BCUT2D eigenvalue weighted by Crippen LogP contribution is 2.17. The Morgan fingerprint density at radius 3 is 2.79 bits per heavy atom. The predicted octanol–water partition coefficient (Wildman–Crippen LogP) is 3.30. The third kappa shape index (κ3) is 5.15. The number of rotatable bonds is 7. The van der Waals surface area contributed by atoms with E-state index >= 15 is 0 Å². The van der Waals surface area contributed by atoms with Crippen molar-refractivity contribution in [2.45, 2.75) is 33.2 Å². The van der Waals surface area contributed by atoms with Crippen LogP contribution < -0.4 is 10.6 Å². The van der Waals surface area contributed by atoms with E-state index in [1.807, 2.05) is 43.9 Å². The van der Waals surface area contributed by atoms with Gasteiger partial charge in [0.05, 0.1) is 5.56 Å². The summed E-state index contributed by atoms with van der Waals surface area (Å²) in [6.45, 7) is 6.23. The Labute approximate surface area is 120 Å². The second kappa shape index (κ2) is 8.10. The molecule has 19 heavy (non-hydrogen) atoms. The summed E-state index contributed by atoms with van der Waals surface area (Å²) in [5.41, 5.74) is 2.74. The number of amides is 1. The van der Waals surface area contributed by atoms with Crippen molar-refractivity contribution in [3.63, 3.8) is 0 Å². The number of aryl methyl sites for hydroxylation is 1. The number of hydrogen-bond acceptors (Lipinski definition) is 3. The standard InChI is InChI=1S/C15H24N2OS/c1-5-19-9-8-12(3)17-15(18)13-7-6-11(2)10-14(13)16-4/h6-7,10,12,16H,5,8-9H2,1-4H3,(H,17,18). The smallest absolute Gasteiger partial charge is 0.253 e. The van der Waals surface area contributed by atoms with Crippen LogP contribution in [-0.2, 0) is 0 Å². The van der Waals surface area contributed by atoms with Crippen molar-refractivity contribution >= 4 is 23.4 Å². The summed E-state index contributed by atoms with van der Waals surface area (Å²) in [5, 5.41) is 6.13. The molecule has 0 heterocycles. The van der Waals surface area contributed by atoms with Gasteiger partial charge in [0, 0.05) is 18.8 Å². The van der Waals surface area contributed by atoms with Crippen LogP contribution in [0.1, 0.15) is 36.2 Å². The van der Waals surface area contributed by atoms with Crippen LogP contribution in [-0.4, -0.2) is 30.5 Å². The maximum atomic E-state index is 12.2. The van der Waals surface area contributed by atoms with Gasteiger partial charge in [-0.05, 0) is 49.5 Å². The zero-order valence-corrected chi connectivity index (χ0v) is 13.1. The van der Waals surface area contributed by atoms with Crippen LogP contribution in [0.25, 0.3) is 0 Å². The zero-order valence-electron chi connectivity index (χ0n) is 12.2. The van der Waals surface area contributed by atoms with Crippen molar-refractivity contribution in [2.24, 2.45) is 0 Å². The van der Waals surface area contributed by atoms with Crippen molar-refractivity contribution in [3.8, 4) is 0 Å². The molecule has 3 nitrogen and oxygen atoms in total. The van der Waals surface area contributed by atoms with E-state index in [1.54, 1.807) is 0 Å². The van der Waals surface area contributed by atoms with Crippen molar-refractivity contribution in [2.75, 3.05) is 23.9 Å². The van der Waals surface area contributed by atoms with Crippen LogP contribution in [0.3, 0.4) is 0 Å². The summed E-state index contributed by atoms with van der Waals surface area (Å²) in [7, 11) is 1.84. The molecule has 0 spiro atoms. The van der Waals surface area contributed by atoms with E-state index in [2.05, 4.69) is 24.5 Å². The lowest BCUT2D eigenvalue weighted by atomic mass is 10.1. The molecule has 0 aromatic heterocycles. The number of thioether (sulfide) groups is 1. The van der Waals surface area contributed by atoms with E-state index in [4.69, 9.17) is 0 Å². The molecular weight excluding hydrogens is 256 g/mol. The van der Waals surface area contributed by atoms with Gasteiger partial charge in [-0.2, -0.15) is 11.8 Å². The Morgan fingerprint density at radius 1 is 1.42 bits per heavy atom. The van der Waals surface area contributed by atoms with Crippen LogP contribution in [0, 0.1) is 6.92 Å². The number of benzene rings is 1. The van der Waals surface area contributed by atoms with Gasteiger partial charge in [0.15, 0.2) is 0 Å². The fraction of sp³-hybridized carbons (Fsp3) is 0.533. The highest BCUT2D eigenvalue weighted by atomic mass is 32.2. The highest BCUT2D eigenvalue weighted by Gasteiger charge is 2.13. The summed E-state index contributed by atoms with van der Waals surface area (Å²) in [6, 6.07) is 6.04. The van der Waals surface area contributed by atoms with E-state index in [0.717, 1.165) is 29.2 Å². The molecule has 0 fully saturated rings. The van der Waals surface area contributed by atoms with Crippen LogP contribution in [0.15, 0.2) is 18.2 Å². The number of nitrogens with one attached hydrogen (secondary N) is 2. The third-order valence-electron chi connectivity index (χ3n) is 2.97. The van der Waals surface area contributed by atoms with Crippen molar-refractivity contribution in [3.05, 3.63) is 29.3 Å². The Hall–Kier alpha value is -1.16. The number of hydrogen-bond donors (Lipinski definition) is 2. The van der Waals surface area contributed by atoms with Gasteiger partial charge in [0.1, 0.15) is 0 Å². The van der Waals surface area contributed by atoms with E-state index in [9.17, 15) is 4.79 Å². The van der Waals surface area contributed by atoms with Gasteiger partial charge in [0.2, 0.25) is 0 Å². The number of anilines is 1. The first-order valence-electron chi connectivity index (χ1n) is 6.75. The average Bonchev–Trinajstić information content (AvgIpc) is 2.38. The fourth-order valence-electron chi connectivity index (χ4n) is 1.84. The van der Waals surface area contributed by atoms with E-state index < -0.39 is 0 Å². The topological polar surface area (TPSA) is 41.1 Å². The third-order valence-corrected chi connectivity index (χ3v) is 3.90. The first-order valence-corrected chi connectivity index (χ1v) is 7.91. The lowest BCUT2D eigenvalue weighted by Gasteiger charge is -2.15. The average molecular weight is 280 g/mol. The summed E-state index contributed by atoms with van der Waals surface area (Å²) in [4.78, 5) is 12.2. The molecule has 0 aliphatic carbocycles. The largest absolute Gasteiger partial charge is 0.387 e. The zero-order chi connectivity index (χ0) is 14.3. The lowest BCUT2D eigenvalue weighted by Crippen LogP contribution is -2.33. The second-order valence-corrected chi connectivity index (χ2v) is 6.05. The second-order valence-electron chi connectivity index (χ2n) is 4.66. The molecule has 0 saturated carbocycles. The minimum absolute atomic E-state index is 0.00153. The first kappa shape index (κ1) is 15.9. The molecule has 2 N–H and O–H groups in total. The van der Waals surface area contributed by atoms with E-state index in [-0.39, 0.29) is 11.9 Å². The summed E-state index contributed by atoms with van der Waals surface area (Å²) in [5.74, 6) is 2.21. The lowest BCUT2D eigenvalue weighted by molar-refractivity contribution is 0.0940. The van der Waals surface area contributed by atoms with Crippen LogP contribution in [0.5, 0.6) is 0 Å². The molecule has 1 aromatic rings. The maximum absolute atomic E-state index is 12.2. The maximum Gasteiger partial charge on any atom is 0.253 e. The van der Waals surface area contributed by atoms with Crippen molar-refractivity contribution in [1.29, 1.82) is 0 Å². The summed E-state index contributed by atoms with van der Waals surface area (Å²) < 4.78 is 0. The molecule has 0 aliphatic heterocycles. The number of carbonyl (C=O) groups excluding carboxylic acids is 1. The molecule has 1 aromatic carbocycles. The normalized spacial score (nSPS) is 12.0. The van der Waals surface area contributed by atoms with Crippen molar-refractivity contribution < 1.29 is 4.79 Å². The Balaban J connectivity index is 2.62. The van der Waals surface area contributed by atoms with Gasteiger partial charge in [0.25, 0.3) is 5.91 Å². The molecule has 0 saturated heterocycles. The minimum atomic E-state index is -0.00153. The minimum Gasteiger partial charge on any atom is -0.387 e. The Kier molecular flexibility index (Phi) is 6.78.